The normalized spacial score (nSPS) is 23.9. The van der Waals surface area contributed by atoms with Gasteiger partial charge in [-0.15, -0.1) is 0 Å². The lowest BCUT2D eigenvalue weighted by atomic mass is 10.0. The third-order valence-corrected chi connectivity index (χ3v) is 3.14. The predicted octanol–water partition coefficient (Wildman–Crippen LogP) is 1.79. The maximum atomic E-state index is 13.6. The van der Waals surface area contributed by atoms with E-state index in [2.05, 4.69) is 0 Å². The fourth-order valence-electron chi connectivity index (χ4n) is 2.07. The van der Waals surface area contributed by atoms with E-state index in [4.69, 9.17) is 9.84 Å². The Morgan fingerprint density at radius 2 is 2.25 bits per heavy atom. The molecule has 1 heterocycles. The molecular weight excluding hydrogens is 209 g/mol. The van der Waals surface area contributed by atoms with Gasteiger partial charge in [-0.25, -0.2) is 4.39 Å². The van der Waals surface area contributed by atoms with Crippen molar-refractivity contribution in [2.75, 3.05) is 18.6 Å². The molecule has 0 aliphatic carbocycles. The Morgan fingerprint density at radius 1 is 1.50 bits per heavy atom. The molecule has 0 radical (unpaired) electrons. The van der Waals surface area contributed by atoms with Crippen LogP contribution in [0.2, 0.25) is 0 Å². The standard InChI is InChI=1S/C12H16FNO2/c1-8-10(6-7-15)16-11-5-3-4-9(13)12(11)14(8)2/h3-5,8,10,15H,6-7H2,1-2H3. The molecule has 0 fully saturated rings. The Labute approximate surface area is 94.4 Å². The molecule has 2 atom stereocenters. The molecule has 1 aromatic rings. The van der Waals surface area contributed by atoms with Gasteiger partial charge in [-0.05, 0) is 19.1 Å². The first-order valence-electron chi connectivity index (χ1n) is 5.44. The molecule has 2 unspecified atom stereocenters. The lowest BCUT2D eigenvalue weighted by Gasteiger charge is -2.39. The van der Waals surface area contributed by atoms with E-state index in [-0.39, 0.29) is 24.6 Å². The van der Waals surface area contributed by atoms with Crippen molar-refractivity contribution in [3.05, 3.63) is 24.0 Å². The highest BCUT2D eigenvalue weighted by Crippen LogP contribution is 2.37. The second kappa shape index (κ2) is 4.29. The smallest absolute Gasteiger partial charge is 0.150 e. The van der Waals surface area contributed by atoms with Gasteiger partial charge >= 0.3 is 0 Å². The molecule has 0 saturated heterocycles. The fraction of sp³-hybridized carbons (Fsp3) is 0.500. The number of likely N-dealkylation sites (N-methyl/N-ethyl adjacent to an activating group) is 1. The molecule has 3 nitrogen and oxygen atoms in total. The van der Waals surface area contributed by atoms with Crippen molar-refractivity contribution in [1.82, 2.24) is 0 Å². The maximum absolute atomic E-state index is 13.6. The van der Waals surface area contributed by atoms with Crippen LogP contribution in [0.25, 0.3) is 0 Å². The average molecular weight is 225 g/mol. The number of aliphatic hydroxyl groups is 1. The molecule has 1 N–H and O–H groups in total. The van der Waals surface area contributed by atoms with Crippen molar-refractivity contribution >= 4 is 5.69 Å². The van der Waals surface area contributed by atoms with Gasteiger partial charge in [-0.3, -0.25) is 0 Å². The Hall–Kier alpha value is -1.29. The first-order valence-corrected chi connectivity index (χ1v) is 5.44. The van der Waals surface area contributed by atoms with Gasteiger partial charge in [0.15, 0.2) is 0 Å². The molecule has 0 bridgehead atoms. The molecule has 2 rings (SSSR count). The summed E-state index contributed by atoms with van der Waals surface area (Å²) in [7, 11) is 1.85. The van der Waals surface area contributed by atoms with Crippen molar-refractivity contribution in [3.8, 4) is 5.75 Å². The van der Waals surface area contributed by atoms with Crippen molar-refractivity contribution in [1.29, 1.82) is 0 Å². The number of aliphatic hydroxyl groups excluding tert-OH is 1. The monoisotopic (exact) mass is 225 g/mol. The van der Waals surface area contributed by atoms with Gasteiger partial charge in [-0.2, -0.15) is 0 Å². The van der Waals surface area contributed by atoms with Crippen LogP contribution in [-0.4, -0.2) is 30.9 Å². The van der Waals surface area contributed by atoms with Gasteiger partial charge in [0.05, 0.1) is 6.04 Å². The van der Waals surface area contributed by atoms with E-state index in [1.165, 1.54) is 6.07 Å². The predicted molar refractivity (Wildman–Crippen MR) is 60.4 cm³/mol. The van der Waals surface area contributed by atoms with Crippen LogP contribution in [0.4, 0.5) is 10.1 Å². The summed E-state index contributed by atoms with van der Waals surface area (Å²) in [4.78, 5) is 1.87. The maximum Gasteiger partial charge on any atom is 0.150 e. The molecule has 16 heavy (non-hydrogen) atoms. The summed E-state index contributed by atoms with van der Waals surface area (Å²) in [5.41, 5.74) is 0.504. The van der Waals surface area contributed by atoms with Crippen LogP contribution in [0.15, 0.2) is 18.2 Å². The SMILES string of the molecule is CC1C(CCO)Oc2cccc(F)c2N1C. The number of hydrogen-bond donors (Lipinski definition) is 1. The zero-order valence-corrected chi connectivity index (χ0v) is 9.48. The fourth-order valence-corrected chi connectivity index (χ4v) is 2.07. The minimum absolute atomic E-state index is 0.0524. The molecule has 0 saturated carbocycles. The van der Waals surface area contributed by atoms with Crippen LogP contribution in [-0.2, 0) is 0 Å². The Kier molecular flexibility index (Phi) is 3.01. The van der Waals surface area contributed by atoms with Gasteiger partial charge in [0.1, 0.15) is 23.4 Å². The van der Waals surface area contributed by atoms with Crippen LogP contribution >= 0.6 is 0 Å². The van der Waals surface area contributed by atoms with Crippen LogP contribution < -0.4 is 9.64 Å². The van der Waals surface area contributed by atoms with E-state index in [0.29, 0.717) is 17.9 Å². The number of nitrogens with zero attached hydrogens (tertiary/aromatic N) is 1. The van der Waals surface area contributed by atoms with E-state index < -0.39 is 0 Å². The molecule has 0 aromatic heterocycles. The quantitative estimate of drug-likeness (QED) is 0.833. The van der Waals surface area contributed by atoms with Crippen molar-refractivity contribution in [2.24, 2.45) is 0 Å². The summed E-state index contributed by atoms with van der Waals surface area (Å²) in [5.74, 6) is 0.286. The molecule has 1 aliphatic rings. The van der Waals surface area contributed by atoms with Crippen LogP contribution in [0.1, 0.15) is 13.3 Å². The lowest BCUT2D eigenvalue weighted by Crippen LogP contribution is -2.46. The number of fused-ring (bicyclic) bond motifs is 1. The summed E-state index contributed by atoms with van der Waals surface area (Å²) in [6, 6.07) is 4.87. The lowest BCUT2D eigenvalue weighted by molar-refractivity contribution is 0.123. The van der Waals surface area contributed by atoms with Gasteiger partial charge in [0, 0.05) is 20.1 Å². The van der Waals surface area contributed by atoms with Crippen molar-refractivity contribution in [2.45, 2.75) is 25.5 Å². The summed E-state index contributed by atoms with van der Waals surface area (Å²) in [6.07, 6.45) is 0.464. The van der Waals surface area contributed by atoms with Crippen LogP contribution in [0, 0.1) is 5.82 Å². The number of anilines is 1. The number of benzene rings is 1. The van der Waals surface area contributed by atoms with E-state index in [9.17, 15) is 4.39 Å². The van der Waals surface area contributed by atoms with E-state index in [1.807, 2.05) is 18.9 Å². The summed E-state index contributed by atoms with van der Waals surface area (Å²) in [5, 5.41) is 8.95. The number of ether oxygens (including phenoxy) is 1. The van der Waals surface area contributed by atoms with E-state index in [0.717, 1.165) is 0 Å². The van der Waals surface area contributed by atoms with Gasteiger partial charge in [0.25, 0.3) is 0 Å². The largest absolute Gasteiger partial charge is 0.486 e. The topological polar surface area (TPSA) is 32.7 Å². The first kappa shape index (κ1) is 11.2. The third kappa shape index (κ3) is 1.73. The number of halogens is 1. The Balaban J connectivity index is 2.36. The molecule has 0 spiro atoms. The Bertz CT molecular complexity index is 383. The van der Waals surface area contributed by atoms with Crippen molar-refractivity contribution in [3.63, 3.8) is 0 Å². The summed E-state index contributed by atoms with van der Waals surface area (Å²) < 4.78 is 19.3. The molecule has 1 aromatic carbocycles. The first-order chi connectivity index (χ1) is 7.65. The zero-order valence-electron chi connectivity index (χ0n) is 9.48. The van der Waals surface area contributed by atoms with E-state index >= 15 is 0 Å². The van der Waals surface area contributed by atoms with Crippen LogP contribution in [0.5, 0.6) is 5.75 Å². The zero-order chi connectivity index (χ0) is 11.7. The second-order valence-electron chi connectivity index (χ2n) is 4.11. The highest BCUT2D eigenvalue weighted by molar-refractivity contribution is 5.61. The van der Waals surface area contributed by atoms with E-state index in [1.54, 1.807) is 12.1 Å². The second-order valence-corrected chi connectivity index (χ2v) is 4.11. The van der Waals surface area contributed by atoms with Crippen molar-refractivity contribution < 1.29 is 14.2 Å². The van der Waals surface area contributed by atoms with Gasteiger partial charge < -0.3 is 14.7 Å². The highest BCUT2D eigenvalue weighted by Gasteiger charge is 2.31. The number of rotatable bonds is 2. The average Bonchev–Trinajstić information content (AvgIpc) is 2.25. The molecule has 4 heteroatoms. The minimum Gasteiger partial charge on any atom is -0.486 e. The van der Waals surface area contributed by atoms with Gasteiger partial charge in [-0.1, -0.05) is 6.07 Å². The number of para-hydroxylation sites is 1. The summed E-state index contributed by atoms with van der Waals surface area (Å²) in [6.45, 7) is 2.04. The molecule has 88 valence electrons. The molecule has 1 aliphatic heterocycles. The number of hydrogen-bond acceptors (Lipinski definition) is 3. The third-order valence-electron chi connectivity index (χ3n) is 3.14. The van der Waals surface area contributed by atoms with Gasteiger partial charge in [0.2, 0.25) is 0 Å². The minimum atomic E-state index is -0.269. The summed E-state index contributed by atoms with van der Waals surface area (Å²) >= 11 is 0. The highest BCUT2D eigenvalue weighted by atomic mass is 19.1. The van der Waals surface area contributed by atoms with Crippen LogP contribution in [0.3, 0.4) is 0 Å². The molecular formula is C12H16FNO2. The Morgan fingerprint density at radius 3 is 2.94 bits per heavy atom. The molecule has 0 amide bonds.